The Hall–Kier alpha value is -2.85. The number of aryl methyl sites for hydroxylation is 1. The second-order valence-corrected chi connectivity index (χ2v) is 10.1. The zero-order valence-electron chi connectivity index (χ0n) is 15.7. The third kappa shape index (κ3) is 3.16. The lowest BCUT2D eigenvalue weighted by Gasteiger charge is -2.09. The average Bonchev–Trinajstić information content (AvgIpc) is 3.33. The van der Waals surface area contributed by atoms with Crippen molar-refractivity contribution in [2.75, 3.05) is 5.73 Å². The van der Waals surface area contributed by atoms with E-state index in [1.165, 1.54) is 22.7 Å². The van der Waals surface area contributed by atoms with Crippen LogP contribution in [0.5, 0.6) is 0 Å². The molecule has 2 aromatic heterocycles. The molecule has 0 aliphatic rings. The molecule has 0 bridgehead atoms. The molecule has 0 radical (unpaired) electrons. The third-order valence-corrected chi connectivity index (χ3v) is 7.95. The first kappa shape index (κ1) is 19.1. The molecule has 5 rings (SSSR count). The molecule has 0 aliphatic heterocycles. The summed E-state index contributed by atoms with van der Waals surface area (Å²) in [5.41, 5.74) is 12.7. The van der Waals surface area contributed by atoms with Crippen molar-refractivity contribution in [2.24, 2.45) is 0 Å². The Labute approximate surface area is 180 Å². The van der Waals surface area contributed by atoms with Crippen molar-refractivity contribution < 1.29 is 13.0 Å². The molecule has 5 aromatic rings. The van der Waals surface area contributed by atoms with Crippen molar-refractivity contribution in [3.8, 4) is 21.7 Å². The summed E-state index contributed by atoms with van der Waals surface area (Å²) in [6.07, 6.45) is 0. The van der Waals surface area contributed by atoms with E-state index in [0.29, 0.717) is 26.5 Å². The van der Waals surface area contributed by atoms with Crippen molar-refractivity contribution in [1.29, 1.82) is 0 Å². The molecule has 0 fully saturated rings. The normalized spacial score (nSPS) is 12.1. The number of aromatic nitrogens is 2. The summed E-state index contributed by atoms with van der Waals surface area (Å²) in [5, 5.41) is 0.674. The molecule has 2 heterocycles. The van der Waals surface area contributed by atoms with Gasteiger partial charge in [-0.05, 0) is 54.4 Å². The van der Waals surface area contributed by atoms with Crippen LogP contribution in [-0.4, -0.2) is 22.9 Å². The quantitative estimate of drug-likeness (QED) is 0.281. The number of nitrogens with two attached hydrogens (primary N) is 1. The van der Waals surface area contributed by atoms with Crippen molar-refractivity contribution in [2.45, 2.75) is 11.8 Å². The van der Waals surface area contributed by atoms with Gasteiger partial charge < -0.3 is 5.73 Å². The topological polar surface area (TPSA) is 106 Å². The monoisotopic (exact) mass is 453 g/mol. The second kappa shape index (κ2) is 6.85. The fourth-order valence-corrected chi connectivity index (χ4v) is 6.54. The van der Waals surface area contributed by atoms with Crippen LogP contribution < -0.4 is 5.73 Å². The smallest absolute Gasteiger partial charge is 0.296 e. The number of anilines is 1. The minimum absolute atomic E-state index is 0.0979. The van der Waals surface area contributed by atoms with E-state index in [4.69, 9.17) is 10.7 Å². The van der Waals surface area contributed by atoms with Crippen LogP contribution in [0.25, 0.3) is 42.1 Å². The zero-order chi connectivity index (χ0) is 21.0. The number of hydrogen-bond donors (Lipinski definition) is 2. The van der Waals surface area contributed by atoms with E-state index in [-0.39, 0.29) is 4.90 Å². The van der Waals surface area contributed by atoms with Gasteiger partial charge >= 0.3 is 0 Å². The van der Waals surface area contributed by atoms with Crippen molar-refractivity contribution in [3.05, 3.63) is 59.6 Å². The Morgan fingerprint density at radius 1 is 1.03 bits per heavy atom. The molecule has 0 amide bonds. The van der Waals surface area contributed by atoms with Gasteiger partial charge in [0.15, 0.2) is 0 Å². The van der Waals surface area contributed by atoms with Gasteiger partial charge in [0.2, 0.25) is 0 Å². The molecule has 0 spiro atoms. The predicted octanol–water partition coefficient (Wildman–Crippen LogP) is 5.38. The summed E-state index contributed by atoms with van der Waals surface area (Å²) < 4.78 is 35.7. The molecule has 3 N–H and O–H groups in total. The number of fused-ring (bicyclic) bond motifs is 2. The van der Waals surface area contributed by atoms with E-state index in [2.05, 4.69) is 4.98 Å². The molecule has 9 heteroatoms. The van der Waals surface area contributed by atoms with Crippen molar-refractivity contribution >= 4 is 58.9 Å². The maximum absolute atomic E-state index is 12.2. The highest BCUT2D eigenvalue weighted by Gasteiger charge is 2.24. The molecular weight excluding hydrogens is 438 g/mol. The minimum Gasteiger partial charge on any atom is -0.399 e. The van der Waals surface area contributed by atoms with Crippen LogP contribution in [0.1, 0.15) is 5.56 Å². The molecule has 3 aromatic carbocycles. The van der Waals surface area contributed by atoms with E-state index in [0.717, 1.165) is 26.9 Å². The third-order valence-electron chi connectivity index (χ3n) is 4.87. The molecule has 150 valence electrons. The van der Waals surface area contributed by atoms with Crippen LogP contribution in [0.2, 0.25) is 0 Å². The summed E-state index contributed by atoms with van der Waals surface area (Å²) in [6, 6.07) is 14.9. The van der Waals surface area contributed by atoms with Crippen molar-refractivity contribution in [1.82, 2.24) is 9.97 Å². The van der Waals surface area contributed by atoms with Crippen LogP contribution in [0.4, 0.5) is 5.69 Å². The van der Waals surface area contributed by atoms with Crippen LogP contribution >= 0.6 is 22.7 Å². The molecule has 6 nitrogen and oxygen atoms in total. The largest absolute Gasteiger partial charge is 0.399 e. The van der Waals surface area contributed by atoms with E-state index in [9.17, 15) is 13.0 Å². The van der Waals surface area contributed by atoms with Crippen LogP contribution in [0.15, 0.2) is 58.9 Å². The Kier molecular flexibility index (Phi) is 4.37. The highest BCUT2D eigenvalue weighted by atomic mass is 32.2. The molecule has 0 unspecified atom stereocenters. The van der Waals surface area contributed by atoms with Gasteiger partial charge in [-0.3, -0.25) is 4.55 Å². The van der Waals surface area contributed by atoms with Gasteiger partial charge in [-0.15, -0.1) is 22.7 Å². The molecular formula is C21H15N3O3S3. The van der Waals surface area contributed by atoms with Gasteiger partial charge in [-0.25, -0.2) is 9.97 Å². The van der Waals surface area contributed by atoms with Crippen LogP contribution in [0, 0.1) is 6.92 Å². The van der Waals surface area contributed by atoms with E-state index < -0.39 is 10.1 Å². The van der Waals surface area contributed by atoms with E-state index in [1.54, 1.807) is 30.6 Å². The standard InChI is InChI=1S/C21H15N3O3S3/c1-11-8-15(12-2-5-14(22)6-3-12)18-19(20(11)30(25,26)27)29-21(24-18)13-4-7-16-17(9-13)28-10-23-16/h2-10H,22H2,1H3,(H,25,26,27). The lowest BCUT2D eigenvalue weighted by Crippen LogP contribution is -2.02. The molecule has 30 heavy (non-hydrogen) atoms. The number of nitrogens with zero attached hydrogens (tertiary/aromatic N) is 2. The predicted molar refractivity (Wildman–Crippen MR) is 123 cm³/mol. The number of nitrogen functional groups attached to an aromatic ring is 1. The summed E-state index contributed by atoms with van der Waals surface area (Å²) >= 11 is 2.78. The Morgan fingerprint density at radius 3 is 2.50 bits per heavy atom. The highest BCUT2D eigenvalue weighted by Crippen LogP contribution is 2.41. The van der Waals surface area contributed by atoms with Gasteiger partial charge in [0, 0.05) is 16.8 Å². The van der Waals surface area contributed by atoms with Crippen LogP contribution in [0.3, 0.4) is 0 Å². The Bertz CT molecular complexity index is 1530. The van der Waals surface area contributed by atoms with Crippen molar-refractivity contribution in [3.63, 3.8) is 0 Å². The van der Waals surface area contributed by atoms with Gasteiger partial charge in [-0.1, -0.05) is 12.1 Å². The number of thiazole rings is 2. The fourth-order valence-electron chi connectivity index (χ4n) is 3.50. The average molecular weight is 454 g/mol. The van der Waals surface area contributed by atoms with Gasteiger partial charge in [-0.2, -0.15) is 8.42 Å². The zero-order valence-corrected chi connectivity index (χ0v) is 18.1. The fraction of sp³-hybridized carbons (Fsp3) is 0.0476. The molecule has 0 saturated carbocycles. The first-order valence-corrected chi connectivity index (χ1v) is 12.1. The lowest BCUT2D eigenvalue weighted by atomic mass is 10.0. The van der Waals surface area contributed by atoms with E-state index in [1.807, 2.05) is 30.3 Å². The van der Waals surface area contributed by atoms with Gasteiger partial charge in [0.05, 0.1) is 25.9 Å². The molecule has 0 saturated heterocycles. The highest BCUT2D eigenvalue weighted by molar-refractivity contribution is 7.86. The van der Waals surface area contributed by atoms with Crippen LogP contribution in [-0.2, 0) is 10.1 Å². The van der Waals surface area contributed by atoms with Gasteiger partial charge in [0.25, 0.3) is 10.1 Å². The SMILES string of the molecule is Cc1cc(-c2ccc(N)cc2)c2nc(-c3ccc4ncsc4c3)sc2c1S(=O)(=O)O. The first-order valence-electron chi connectivity index (χ1n) is 8.92. The first-order chi connectivity index (χ1) is 14.3. The summed E-state index contributed by atoms with van der Waals surface area (Å²) in [5.74, 6) is 0. The summed E-state index contributed by atoms with van der Waals surface area (Å²) in [4.78, 5) is 8.98. The maximum Gasteiger partial charge on any atom is 0.296 e. The number of hydrogen-bond acceptors (Lipinski definition) is 7. The van der Waals surface area contributed by atoms with Gasteiger partial charge in [0.1, 0.15) is 9.90 Å². The number of benzene rings is 3. The van der Waals surface area contributed by atoms with E-state index >= 15 is 0 Å². The Balaban J connectivity index is 1.82. The molecule has 0 aliphatic carbocycles. The minimum atomic E-state index is -4.42. The maximum atomic E-state index is 12.2. The summed E-state index contributed by atoms with van der Waals surface area (Å²) in [7, 11) is -4.42. The number of rotatable bonds is 3. The summed E-state index contributed by atoms with van der Waals surface area (Å²) in [6.45, 7) is 1.67. The molecule has 0 atom stereocenters. The Morgan fingerprint density at radius 2 is 1.77 bits per heavy atom. The second-order valence-electron chi connectivity index (χ2n) is 6.90. The lowest BCUT2D eigenvalue weighted by molar-refractivity contribution is 0.484.